The standard InChI is InChI=1S/C14H19ClN2/c1-12(17-10-8-16-9-11-17)6-7-13-4-2-3-5-14(13)15/h2-7,12,16H,8-11H2,1H3/b7-6+. The molecule has 0 spiro atoms. The summed E-state index contributed by atoms with van der Waals surface area (Å²) in [5.74, 6) is 0. The molecule has 2 nitrogen and oxygen atoms in total. The molecule has 0 amide bonds. The third kappa shape index (κ3) is 3.56. The molecule has 92 valence electrons. The van der Waals surface area contributed by atoms with Gasteiger partial charge < -0.3 is 5.32 Å². The fraction of sp³-hybridized carbons (Fsp3) is 0.429. The fourth-order valence-electron chi connectivity index (χ4n) is 2.06. The van der Waals surface area contributed by atoms with Gasteiger partial charge in [-0.15, -0.1) is 0 Å². The molecule has 1 aromatic rings. The lowest BCUT2D eigenvalue weighted by molar-refractivity contribution is 0.213. The van der Waals surface area contributed by atoms with Gasteiger partial charge in [-0.2, -0.15) is 0 Å². The van der Waals surface area contributed by atoms with E-state index < -0.39 is 0 Å². The van der Waals surface area contributed by atoms with E-state index in [-0.39, 0.29) is 0 Å². The van der Waals surface area contributed by atoms with Crippen LogP contribution >= 0.6 is 11.6 Å². The summed E-state index contributed by atoms with van der Waals surface area (Å²) in [6.07, 6.45) is 4.35. The molecule has 1 aliphatic heterocycles. The Kier molecular flexibility index (Phi) is 4.60. The number of benzene rings is 1. The lowest BCUT2D eigenvalue weighted by Gasteiger charge is -2.31. The van der Waals surface area contributed by atoms with E-state index in [4.69, 9.17) is 11.6 Å². The number of rotatable bonds is 3. The van der Waals surface area contributed by atoms with Crippen LogP contribution < -0.4 is 5.32 Å². The Balaban J connectivity index is 1.97. The highest BCUT2D eigenvalue weighted by atomic mass is 35.5. The maximum Gasteiger partial charge on any atom is 0.0478 e. The average Bonchev–Trinajstić information content (AvgIpc) is 2.38. The van der Waals surface area contributed by atoms with E-state index in [1.807, 2.05) is 24.3 Å². The first-order chi connectivity index (χ1) is 8.27. The maximum absolute atomic E-state index is 6.12. The van der Waals surface area contributed by atoms with Crippen LogP contribution in [0.15, 0.2) is 30.3 Å². The van der Waals surface area contributed by atoms with Gasteiger partial charge in [-0.3, -0.25) is 4.90 Å². The molecular weight excluding hydrogens is 232 g/mol. The van der Waals surface area contributed by atoms with Crippen LogP contribution in [-0.4, -0.2) is 37.1 Å². The van der Waals surface area contributed by atoms with Gasteiger partial charge in [-0.1, -0.05) is 42.0 Å². The third-order valence-corrected chi connectivity index (χ3v) is 3.53. The molecule has 2 rings (SSSR count). The average molecular weight is 251 g/mol. The Hall–Kier alpha value is -0.830. The van der Waals surface area contributed by atoms with Crippen LogP contribution in [0.5, 0.6) is 0 Å². The van der Waals surface area contributed by atoms with Gasteiger partial charge in [0, 0.05) is 37.2 Å². The zero-order chi connectivity index (χ0) is 12.1. The summed E-state index contributed by atoms with van der Waals surface area (Å²) >= 11 is 6.12. The van der Waals surface area contributed by atoms with Crippen LogP contribution in [0.25, 0.3) is 6.08 Å². The van der Waals surface area contributed by atoms with Crippen molar-refractivity contribution in [3.05, 3.63) is 40.9 Å². The van der Waals surface area contributed by atoms with E-state index in [0.717, 1.165) is 36.8 Å². The summed E-state index contributed by atoms with van der Waals surface area (Å²) in [5.41, 5.74) is 1.09. The van der Waals surface area contributed by atoms with Crippen molar-refractivity contribution in [3.8, 4) is 0 Å². The minimum absolute atomic E-state index is 0.466. The van der Waals surface area contributed by atoms with Crippen molar-refractivity contribution in [1.82, 2.24) is 10.2 Å². The van der Waals surface area contributed by atoms with E-state index in [9.17, 15) is 0 Å². The molecule has 1 aromatic carbocycles. The molecular formula is C14H19ClN2. The molecule has 0 bridgehead atoms. The third-order valence-electron chi connectivity index (χ3n) is 3.19. The van der Waals surface area contributed by atoms with Gasteiger partial charge in [-0.25, -0.2) is 0 Å². The fourth-order valence-corrected chi connectivity index (χ4v) is 2.26. The SMILES string of the molecule is CC(/C=C/c1ccccc1Cl)N1CCNCC1. The predicted octanol–water partition coefficient (Wildman–Crippen LogP) is 2.65. The van der Waals surface area contributed by atoms with Crippen LogP contribution in [0.4, 0.5) is 0 Å². The summed E-state index contributed by atoms with van der Waals surface area (Å²) in [6.45, 7) is 6.65. The molecule has 1 heterocycles. The van der Waals surface area contributed by atoms with Crippen molar-refractivity contribution >= 4 is 17.7 Å². The van der Waals surface area contributed by atoms with Gasteiger partial charge in [0.15, 0.2) is 0 Å². The summed E-state index contributed by atoms with van der Waals surface area (Å²) in [6, 6.07) is 8.41. The molecule has 0 aromatic heterocycles. The number of nitrogens with one attached hydrogen (secondary N) is 1. The highest BCUT2D eigenvalue weighted by Gasteiger charge is 2.13. The van der Waals surface area contributed by atoms with Gasteiger partial charge in [-0.05, 0) is 18.6 Å². The van der Waals surface area contributed by atoms with Crippen molar-refractivity contribution in [2.75, 3.05) is 26.2 Å². The smallest absolute Gasteiger partial charge is 0.0478 e. The second kappa shape index (κ2) is 6.20. The Bertz CT molecular complexity index is 384. The lowest BCUT2D eigenvalue weighted by Crippen LogP contribution is -2.46. The predicted molar refractivity (Wildman–Crippen MR) is 74.4 cm³/mol. The molecule has 1 aliphatic rings. The summed E-state index contributed by atoms with van der Waals surface area (Å²) < 4.78 is 0. The minimum Gasteiger partial charge on any atom is -0.314 e. The molecule has 3 heteroatoms. The molecule has 17 heavy (non-hydrogen) atoms. The monoisotopic (exact) mass is 250 g/mol. The Morgan fingerprint density at radius 2 is 2.00 bits per heavy atom. The van der Waals surface area contributed by atoms with Crippen LogP contribution in [0.1, 0.15) is 12.5 Å². The highest BCUT2D eigenvalue weighted by Crippen LogP contribution is 2.17. The lowest BCUT2D eigenvalue weighted by atomic mass is 10.1. The van der Waals surface area contributed by atoms with Crippen LogP contribution in [0.3, 0.4) is 0 Å². The van der Waals surface area contributed by atoms with Crippen LogP contribution in [0.2, 0.25) is 5.02 Å². The largest absolute Gasteiger partial charge is 0.314 e. The summed E-state index contributed by atoms with van der Waals surface area (Å²) in [7, 11) is 0. The normalized spacial score (nSPS) is 19.6. The molecule has 1 atom stereocenters. The van der Waals surface area contributed by atoms with E-state index >= 15 is 0 Å². The first kappa shape index (κ1) is 12.6. The van der Waals surface area contributed by atoms with E-state index in [1.165, 1.54) is 0 Å². The number of hydrogen-bond acceptors (Lipinski definition) is 2. The molecule has 1 N–H and O–H groups in total. The molecule has 0 saturated carbocycles. The Morgan fingerprint density at radius 1 is 1.29 bits per heavy atom. The molecule has 1 fully saturated rings. The highest BCUT2D eigenvalue weighted by molar-refractivity contribution is 6.32. The minimum atomic E-state index is 0.466. The molecule has 0 aliphatic carbocycles. The topological polar surface area (TPSA) is 15.3 Å². The van der Waals surface area contributed by atoms with Crippen LogP contribution in [-0.2, 0) is 0 Å². The quantitative estimate of drug-likeness (QED) is 0.887. The van der Waals surface area contributed by atoms with E-state index in [1.54, 1.807) is 0 Å². The van der Waals surface area contributed by atoms with Crippen molar-refractivity contribution in [2.24, 2.45) is 0 Å². The number of halogens is 1. The summed E-state index contributed by atoms with van der Waals surface area (Å²) in [5, 5.41) is 4.18. The van der Waals surface area contributed by atoms with Crippen molar-refractivity contribution in [2.45, 2.75) is 13.0 Å². The van der Waals surface area contributed by atoms with Crippen molar-refractivity contribution < 1.29 is 0 Å². The first-order valence-electron chi connectivity index (χ1n) is 6.15. The second-order valence-electron chi connectivity index (χ2n) is 4.41. The zero-order valence-corrected chi connectivity index (χ0v) is 11.0. The molecule has 0 radical (unpaired) electrons. The Morgan fingerprint density at radius 3 is 2.71 bits per heavy atom. The second-order valence-corrected chi connectivity index (χ2v) is 4.81. The first-order valence-corrected chi connectivity index (χ1v) is 6.52. The molecule has 1 unspecified atom stereocenters. The van der Waals surface area contributed by atoms with Gasteiger partial charge >= 0.3 is 0 Å². The maximum atomic E-state index is 6.12. The van der Waals surface area contributed by atoms with Crippen LogP contribution in [0, 0.1) is 0 Å². The Labute approximate surface area is 108 Å². The number of hydrogen-bond donors (Lipinski definition) is 1. The van der Waals surface area contributed by atoms with Gasteiger partial charge in [0.25, 0.3) is 0 Å². The van der Waals surface area contributed by atoms with E-state index in [2.05, 4.69) is 29.3 Å². The molecule has 1 saturated heterocycles. The zero-order valence-electron chi connectivity index (χ0n) is 10.2. The summed E-state index contributed by atoms with van der Waals surface area (Å²) in [4.78, 5) is 2.48. The van der Waals surface area contributed by atoms with Gasteiger partial charge in [0.05, 0.1) is 0 Å². The van der Waals surface area contributed by atoms with E-state index in [0.29, 0.717) is 6.04 Å². The number of nitrogens with zero attached hydrogens (tertiary/aromatic N) is 1. The van der Waals surface area contributed by atoms with Crippen molar-refractivity contribution in [3.63, 3.8) is 0 Å². The van der Waals surface area contributed by atoms with Gasteiger partial charge in [0.2, 0.25) is 0 Å². The van der Waals surface area contributed by atoms with Gasteiger partial charge in [0.1, 0.15) is 0 Å². The number of piperazine rings is 1. The van der Waals surface area contributed by atoms with Crippen molar-refractivity contribution in [1.29, 1.82) is 0 Å².